The Morgan fingerprint density at radius 3 is 2.22 bits per heavy atom. The molecule has 23 heavy (non-hydrogen) atoms. The molecule has 1 saturated heterocycles. The Labute approximate surface area is 142 Å². The van der Waals surface area contributed by atoms with Gasteiger partial charge >= 0.3 is 6.09 Å². The molecular weight excluding hydrogens is 288 g/mol. The van der Waals surface area contributed by atoms with E-state index in [4.69, 9.17) is 4.74 Å². The molecule has 1 N–H and O–H groups in total. The summed E-state index contributed by atoms with van der Waals surface area (Å²) >= 11 is 0. The van der Waals surface area contributed by atoms with Crippen LogP contribution in [0.4, 0.5) is 4.79 Å². The lowest BCUT2D eigenvalue weighted by molar-refractivity contribution is 0.00795. The number of carbonyl (C=O) groups excluding carboxylic acids is 1. The number of carbonyl (C=O) groups is 1. The van der Waals surface area contributed by atoms with Gasteiger partial charge in [-0.15, -0.1) is 0 Å². The number of rotatable bonds is 2. The van der Waals surface area contributed by atoms with E-state index in [9.17, 15) is 4.79 Å². The van der Waals surface area contributed by atoms with Gasteiger partial charge in [0.2, 0.25) is 0 Å². The number of amides is 1. The normalized spacial score (nSPS) is 35.9. The predicted molar refractivity (Wildman–Crippen MR) is 94.5 cm³/mol. The molecule has 1 heterocycles. The zero-order chi connectivity index (χ0) is 17.2. The fourth-order valence-electron chi connectivity index (χ4n) is 4.20. The molecule has 1 amide bonds. The Kier molecular flexibility index (Phi) is 5.99. The Morgan fingerprint density at radius 2 is 1.70 bits per heavy atom. The number of nitrogens with one attached hydrogen (secondary N) is 1. The molecule has 4 unspecified atom stereocenters. The van der Waals surface area contributed by atoms with Gasteiger partial charge in [0.15, 0.2) is 0 Å². The number of ether oxygens (including phenoxy) is 1. The van der Waals surface area contributed by atoms with Gasteiger partial charge in [-0.25, -0.2) is 4.79 Å². The fraction of sp³-hybridized carbons (Fsp3) is 0.947. The van der Waals surface area contributed by atoms with Gasteiger partial charge in [-0.05, 0) is 65.2 Å². The van der Waals surface area contributed by atoms with E-state index in [0.29, 0.717) is 12.1 Å². The second kappa shape index (κ2) is 7.42. The van der Waals surface area contributed by atoms with Gasteiger partial charge in [-0.3, -0.25) is 0 Å². The Hall–Kier alpha value is -0.770. The number of piperidine rings is 1. The molecule has 0 bridgehead atoms. The first kappa shape index (κ1) is 18.6. The average molecular weight is 325 g/mol. The molecule has 2 fully saturated rings. The topological polar surface area (TPSA) is 41.6 Å². The quantitative estimate of drug-likeness (QED) is 0.828. The van der Waals surface area contributed by atoms with Crippen molar-refractivity contribution in [2.45, 2.75) is 97.4 Å². The lowest BCUT2D eigenvalue weighted by Crippen LogP contribution is -2.55. The van der Waals surface area contributed by atoms with Gasteiger partial charge in [0.25, 0.3) is 0 Å². The smallest absolute Gasteiger partial charge is 0.410 e. The van der Waals surface area contributed by atoms with Crippen LogP contribution in [0.15, 0.2) is 0 Å². The Bertz CT molecular complexity index is 395. The third kappa shape index (κ3) is 5.10. The van der Waals surface area contributed by atoms with Gasteiger partial charge in [-0.1, -0.05) is 20.3 Å². The molecule has 4 atom stereocenters. The molecule has 0 aromatic heterocycles. The van der Waals surface area contributed by atoms with Crippen molar-refractivity contribution in [2.24, 2.45) is 11.8 Å². The van der Waals surface area contributed by atoms with Crippen LogP contribution >= 0.6 is 0 Å². The van der Waals surface area contributed by atoms with Crippen molar-refractivity contribution < 1.29 is 9.53 Å². The van der Waals surface area contributed by atoms with Crippen molar-refractivity contribution in [1.29, 1.82) is 0 Å². The van der Waals surface area contributed by atoms with E-state index in [0.717, 1.165) is 31.2 Å². The van der Waals surface area contributed by atoms with Crippen LogP contribution in [-0.2, 0) is 4.74 Å². The molecule has 4 heteroatoms. The van der Waals surface area contributed by atoms with E-state index >= 15 is 0 Å². The van der Waals surface area contributed by atoms with E-state index in [1.54, 1.807) is 0 Å². The minimum Gasteiger partial charge on any atom is -0.444 e. The fourth-order valence-corrected chi connectivity index (χ4v) is 4.20. The maximum absolute atomic E-state index is 12.3. The highest BCUT2D eigenvalue weighted by Gasteiger charge is 2.35. The highest BCUT2D eigenvalue weighted by molar-refractivity contribution is 5.68. The largest absolute Gasteiger partial charge is 0.444 e. The van der Waals surface area contributed by atoms with Crippen molar-refractivity contribution in [1.82, 2.24) is 10.2 Å². The molecule has 1 saturated carbocycles. The molecule has 1 aliphatic heterocycles. The minimum atomic E-state index is -0.418. The third-order valence-electron chi connectivity index (χ3n) is 5.48. The van der Waals surface area contributed by atoms with Crippen molar-refractivity contribution >= 4 is 6.09 Å². The lowest BCUT2D eigenvalue weighted by atomic mass is 9.78. The standard InChI is InChI=1S/C19H36N2O2/c1-13-8-7-9-14(2)17(13)20-16-10-11-21(15(3)12-16)18(22)23-19(4,5)6/h13-17,20H,7-12H2,1-6H3. The van der Waals surface area contributed by atoms with Gasteiger partial charge in [-0.2, -0.15) is 0 Å². The molecule has 0 spiro atoms. The molecule has 134 valence electrons. The summed E-state index contributed by atoms with van der Waals surface area (Å²) in [5.41, 5.74) is -0.418. The van der Waals surface area contributed by atoms with Gasteiger partial charge < -0.3 is 15.0 Å². The van der Waals surface area contributed by atoms with E-state index in [-0.39, 0.29) is 12.1 Å². The van der Waals surface area contributed by atoms with E-state index in [1.807, 2.05) is 25.7 Å². The molecule has 1 aliphatic carbocycles. The summed E-state index contributed by atoms with van der Waals surface area (Å²) in [4.78, 5) is 14.2. The number of hydrogen-bond acceptors (Lipinski definition) is 3. The first-order chi connectivity index (χ1) is 10.7. The summed E-state index contributed by atoms with van der Waals surface area (Å²) in [6, 6.07) is 1.40. The molecule has 0 aromatic rings. The first-order valence-electron chi connectivity index (χ1n) is 9.43. The van der Waals surface area contributed by atoms with Crippen LogP contribution in [0.2, 0.25) is 0 Å². The van der Waals surface area contributed by atoms with Crippen LogP contribution in [0.25, 0.3) is 0 Å². The van der Waals surface area contributed by atoms with E-state index < -0.39 is 5.60 Å². The van der Waals surface area contributed by atoms with Crippen molar-refractivity contribution in [3.8, 4) is 0 Å². The number of likely N-dealkylation sites (tertiary alicyclic amines) is 1. The van der Waals surface area contributed by atoms with Gasteiger partial charge in [0, 0.05) is 24.7 Å². The van der Waals surface area contributed by atoms with Crippen LogP contribution in [-0.4, -0.2) is 41.3 Å². The maximum atomic E-state index is 12.3. The number of nitrogens with zero attached hydrogens (tertiary/aromatic N) is 1. The SMILES string of the molecule is CC1CCCC(C)C1NC1CCN(C(=O)OC(C)(C)C)C(C)C1. The maximum Gasteiger partial charge on any atom is 0.410 e. The molecular formula is C19H36N2O2. The number of hydrogen-bond donors (Lipinski definition) is 1. The molecule has 4 nitrogen and oxygen atoms in total. The average Bonchev–Trinajstić information content (AvgIpc) is 2.41. The van der Waals surface area contributed by atoms with Crippen LogP contribution < -0.4 is 5.32 Å². The minimum absolute atomic E-state index is 0.164. The first-order valence-corrected chi connectivity index (χ1v) is 9.43. The highest BCUT2D eigenvalue weighted by atomic mass is 16.6. The van der Waals surface area contributed by atoms with Gasteiger partial charge in [0.05, 0.1) is 0 Å². The second-order valence-electron chi connectivity index (χ2n) is 8.82. The van der Waals surface area contributed by atoms with Crippen molar-refractivity contribution in [2.75, 3.05) is 6.54 Å². The highest BCUT2D eigenvalue weighted by Crippen LogP contribution is 2.30. The molecule has 0 radical (unpaired) electrons. The predicted octanol–water partition coefficient (Wildman–Crippen LogP) is 4.19. The lowest BCUT2D eigenvalue weighted by Gasteiger charge is -2.43. The summed E-state index contributed by atoms with van der Waals surface area (Å²) in [7, 11) is 0. The van der Waals surface area contributed by atoms with Crippen LogP contribution in [0.3, 0.4) is 0 Å². The van der Waals surface area contributed by atoms with Crippen LogP contribution in [0, 0.1) is 11.8 Å². The van der Waals surface area contributed by atoms with E-state index in [1.165, 1.54) is 19.3 Å². The third-order valence-corrected chi connectivity index (χ3v) is 5.48. The summed E-state index contributed by atoms with van der Waals surface area (Å²) in [6.45, 7) is 13.5. The molecule has 2 aliphatic rings. The van der Waals surface area contributed by atoms with Crippen molar-refractivity contribution in [3.63, 3.8) is 0 Å². The van der Waals surface area contributed by atoms with Gasteiger partial charge in [0.1, 0.15) is 5.60 Å². The zero-order valence-electron chi connectivity index (χ0n) is 15.9. The van der Waals surface area contributed by atoms with E-state index in [2.05, 4.69) is 26.1 Å². The zero-order valence-corrected chi connectivity index (χ0v) is 15.9. The second-order valence-corrected chi connectivity index (χ2v) is 8.82. The Morgan fingerprint density at radius 1 is 1.09 bits per heavy atom. The van der Waals surface area contributed by atoms with Crippen molar-refractivity contribution in [3.05, 3.63) is 0 Å². The summed E-state index contributed by atoms with van der Waals surface area (Å²) < 4.78 is 5.53. The summed E-state index contributed by atoms with van der Waals surface area (Å²) in [5.74, 6) is 1.52. The van der Waals surface area contributed by atoms with Crippen LogP contribution in [0.5, 0.6) is 0 Å². The monoisotopic (exact) mass is 324 g/mol. The summed E-state index contributed by atoms with van der Waals surface area (Å²) in [5, 5.41) is 3.92. The van der Waals surface area contributed by atoms with Crippen LogP contribution in [0.1, 0.15) is 73.6 Å². The molecule has 2 rings (SSSR count). The summed E-state index contributed by atoms with van der Waals surface area (Å²) in [6.07, 6.45) is 5.94. The molecule has 0 aromatic carbocycles. The Balaban J connectivity index is 1.87.